The predicted molar refractivity (Wildman–Crippen MR) is 75.8 cm³/mol. The van der Waals surface area contributed by atoms with E-state index in [2.05, 4.69) is 5.32 Å². The molecule has 0 bridgehead atoms. The maximum absolute atomic E-state index is 12.1. The molecule has 2 rings (SSSR count). The molecule has 19 heavy (non-hydrogen) atoms. The average molecular weight is 279 g/mol. The van der Waals surface area contributed by atoms with Crippen molar-refractivity contribution in [2.24, 2.45) is 11.5 Å². The van der Waals surface area contributed by atoms with Crippen molar-refractivity contribution in [1.82, 2.24) is 0 Å². The molecule has 0 saturated heterocycles. The molecule has 1 saturated carbocycles. The molecule has 5 nitrogen and oxygen atoms in total. The van der Waals surface area contributed by atoms with Gasteiger partial charge in [0.1, 0.15) is 0 Å². The summed E-state index contributed by atoms with van der Waals surface area (Å²) >= 11 is 1.30. The fourth-order valence-corrected chi connectivity index (χ4v) is 2.62. The van der Waals surface area contributed by atoms with Crippen molar-refractivity contribution in [2.75, 3.05) is 11.1 Å². The maximum atomic E-state index is 12.1. The third kappa shape index (κ3) is 3.27. The fraction of sp³-hybridized carbons (Fsp3) is 0.385. The van der Waals surface area contributed by atoms with E-state index in [4.69, 9.17) is 11.5 Å². The van der Waals surface area contributed by atoms with E-state index in [1.165, 1.54) is 11.8 Å². The molecule has 1 fully saturated rings. The molecule has 0 heterocycles. The SMILES string of the molecule is NC(=O)CSc1ccccc1NC(=O)C1(N)CCC1. The van der Waals surface area contributed by atoms with Gasteiger partial charge in [0, 0.05) is 4.90 Å². The minimum atomic E-state index is -0.735. The highest BCUT2D eigenvalue weighted by Gasteiger charge is 2.40. The lowest BCUT2D eigenvalue weighted by Gasteiger charge is -2.36. The maximum Gasteiger partial charge on any atom is 0.244 e. The first-order valence-corrected chi connectivity index (χ1v) is 7.10. The quantitative estimate of drug-likeness (QED) is 0.702. The molecule has 0 atom stereocenters. The largest absolute Gasteiger partial charge is 0.369 e. The molecule has 1 aliphatic rings. The lowest BCUT2D eigenvalue weighted by molar-refractivity contribution is -0.123. The number of carbonyl (C=O) groups excluding carboxylic acids is 2. The van der Waals surface area contributed by atoms with Crippen LogP contribution in [-0.4, -0.2) is 23.1 Å². The Bertz CT molecular complexity index is 500. The van der Waals surface area contributed by atoms with Crippen molar-refractivity contribution in [3.8, 4) is 0 Å². The van der Waals surface area contributed by atoms with Gasteiger partial charge in [0.15, 0.2) is 0 Å². The highest BCUT2D eigenvalue weighted by atomic mass is 32.2. The zero-order valence-electron chi connectivity index (χ0n) is 10.5. The van der Waals surface area contributed by atoms with Crippen LogP contribution in [0.1, 0.15) is 19.3 Å². The normalized spacial score (nSPS) is 16.5. The van der Waals surface area contributed by atoms with Crippen molar-refractivity contribution in [3.63, 3.8) is 0 Å². The molecule has 0 spiro atoms. The third-order valence-electron chi connectivity index (χ3n) is 3.20. The van der Waals surface area contributed by atoms with Gasteiger partial charge in [0.05, 0.1) is 17.0 Å². The second kappa shape index (κ2) is 5.63. The number of hydrogen-bond donors (Lipinski definition) is 3. The van der Waals surface area contributed by atoms with E-state index in [9.17, 15) is 9.59 Å². The molecule has 102 valence electrons. The number of rotatable bonds is 5. The van der Waals surface area contributed by atoms with E-state index >= 15 is 0 Å². The van der Waals surface area contributed by atoms with Gasteiger partial charge < -0.3 is 16.8 Å². The minimum Gasteiger partial charge on any atom is -0.369 e. The van der Waals surface area contributed by atoms with Gasteiger partial charge in [-0.2, -0.15) is 0 Å². The number of benzene rings is 1. The number of primary amides is 1. The van der Waals surface area contributed by atoms with Crippen molar-refractivity contribution in [1.29, 1.82) is 0 Å². The fourth-order valence-electron chi connectivity index (χ4n) is 1.88. The lowest BCUT2D eigenvalue weighted by Crippen LogP contribution is -2.56. The van der Waals surface area contributed by atoms with E-state index in [0.29, 0.717) is 5.69 Å². The summed E-state index contributed by atoms with van der Waals surface area (Å²) in [6, 6.07) is 7.31. The van der Waals surface area contributed by atoms with Crippen LogP contribution < -0.4 is 16.8 Å². The average Bonchev–Trinajstić information content (AvgIpc) is 2.34. The summed E-state index contributed by atoms with van der Waals surface area (Å²) in [5.74, 6) is -0.369. The highest BCUT2D eigenvalue weighted by Crippen LogP contribution is 2.32. The first-order chi connectivity index (χ1) is 9.01. The Kier molecular flexibility index (Phi) is 4.11. The molecular formula is C13H17N3O2S. The topological polar surface area (TPSA) is 98.2 Å². The Hall–Kier alpha value is -1.53. The Morgan fingerprint density at radius 3 is 2.58 bits per heavy atom. The van der Waals surface area contributed by atoms with Crippen LogP contribution in [0.2, 0.25) is 0 Å². The summed E-state index contributed by atoms with van der Waals surface area (Å²) < 4.78 is 0. The molecule has 0 aliphatic heterocycles. The van der Waals surface area contributed by atoms with Crippen molar-refractivity contribution in [2.45, 2.75) is 29.7 Å². The smallest absolute Gasteiger partial charge is 0.244 e. The molecule has 0 aromatic heterocycles. The second-order valence-electron chi connectivity index (χ2n) is 4.71. The van der Waals surface area contributed by atoms with E-state index in [1.54, 1.807) is 6.07 Å². The minimum absolute atomic E-state index is 0.161. The van der Waals surface area contributed by atoms with Crippen LogP contribution in [0.3, 0.4) is 0 Å². The first kappa shape index (κ1) is 13.9. The van der Waals surface area contributed by atoms with Crippen LogP contribution in [0, 0.1) is 0 Å². The summed E-state index contributed by atoms with van der Waals surface area (Å²) in [5, 5.41) is 2.84. The van der Waals surface area contributed by atoms with Gasteiger partial charge in [-0.3, -0.25) is 9.59 Å². The van der Waals surface area contributed by atoms with Crippen LogP contribution in [-0.2, 0) is 9.59 Å². The number of carbonyl (C=O) groups is 2. The molecule has 5 N–H and O–H groups in total. The molecule has 2 amide bonds. The lowest BCUT2D eigenvalue weighted by atomic mass is 9.77. The van der Waals surface area contributed by atoms with Crippen LogP contribution in [0.15, 0.2) is 29.2 Å². The van der Waals surface area contributed by atoms with Gasteiger partial charge in [-0.15, -0.1) is 11.8 Å². The van der Waals surface area contributed by atoms with Crippen LogP contribution in [0.25, 0.3) is 0 Å². The third-order valence-corrected chi connectivity index (χ3v) is 4.30. The first-order valence-electron chi connectivity index (χ1n) is 6.12. The van der Waals surface area contributed by atoms with Gasteiger partial charge in [-0.25, -0.2) is 0 Å². The van der Waals surface area contributed by atoms with E-state index in [-0.39, 0.29) is 17.6 Å². The molecule has 1 aromatic carbocycles. The zero-order valence-corrected chi connectivity index (χ0v) is 11.3. The van der Waals surface area contributed by atoms with E-state index in [0.717, 1.165) is 24.2 Å². The predicted octanol–water partition coefficient (Wildman–Crippen LogP) is 1.08. The van der Waals surface area contributed by atoms with Gasteiger partial charge in [-0.1, -0.05) is 12.1 Å². The van der Waals surface area contributed by atoms with Gasteiger partial charge >= 0.3 is 0 Å². The Balaban J connectivity index is 2.07. The van der Waals surface area contributed by atoms with Gasteiger partial charge in [0.25, 0.3) is 0 Å². The number of anilines is 1. The zero-order chi connectivity index (χ0) is 13.9. The summed E-state index contributed by atoms with van der Waals surface area (Å²) in [6.45, 7) is 0. The standard InChI is InChI=1S/C13H17N3O2S/c14-11(17)8-19-10-5-2-1-4-9(10)16-12(18)13(15)6-3-7-13/h1-2,4-5H,3,6-8,15H2,(H2,14,17)(H,16,18). The highest BCUT2D eigenvalue weighted by molar-refractivity contribution is 8.00. The molecule has 1 aromatic rings. The number of nitrogens with one attached hydrogen (secondary N) is 1. The van der Waals surface area contributed by atoms with Gasteiger partial charge in [-0.05, 0) is 31.4 Å². The number of thioether (sulfide) groups is 1. The van der Waals surface area contributed by atoms with Crippen molar-refractivity contribution >= 4 is 29.3 Å². The number of amides is 2. The second-order valence-corrected chi connectivity index (χ2v) is 5.73. The number of hydrogen-bond acceptors (Lipinski definition) is 4. The number of nitrogens with two attached hydrogens (primary N) is 2. The molecule has 6 heteroatoms. The van der Waals surface area contributed by atoms with Crippen LogP contribution in [0.4, 0.5) is 5.69 Å². The Morgan fingerprint density at radius 1 is 1.32 bits per heavy atom. The van der Waals surface area contributed by atoms with Crippen molar-refractivity contribution < 1.29 is 9.59 Å². The Morgan fingerprint density at radius 2 is 2.00 bits per heavy atom. The van der Waals surface area contributed by atoms with Crippen LogP contribution >= 0.6 is 11.8 Å². The van der Waals surface area contributed by atoms with E-state index in [1.807, 2.05) is 18.2 Å². The molecule has 0 radical (unpaired) electrons. The van der Waals surface area contributed by atoms with Crippen LogP contribution in [0.5, 0.6) is 0 Å². The molecule has 0 unspecified atom stereocenters. The summed E-state index contributed by atoms with van der Waals surface area (Å²) in [4.78, 5) is 23.7. The summed E-state index contributed by atoms with van der Waals surface area (Å²) in [6.07, 6.45) is 2.42. The molecule has 1 aliphatic carbocycles. The monoisotopic (exact) mass is 279 g/mol. The number of para-hydroxylation sites is 1. The van der Waals surface area contributed by atoms with E-state index < -0.39 is 5.54 Å². The van der Waals surface area contributed by atoms with Crippen molar-refractivity contribution in [3.05, 3.63) is 24.3 Å². The molecular weight excluding hydrogens is 262 g/mol. The summed E-state index contributed by atoms with van der Waals surface area (Å²) in [5.41, 5.74) is 11.0. The summed E-state index contributed by atoms with van der Waals surface area (Å²) in [7, 11) is 0. The Labute approximate surface area is 116 Å². The van der Waals surface area contributed by atoms with Gasteiger partial charge in [0.2, 0.25) is 11.8 Å².